The van der Waals surface area contributed by atoms with E-state index in [9.17, 15) is 8.42 Å². The summed E-state index contributed by atoms with van der Waals surface area (Å²) >= 11 is 6.37. The maximum atomic E-state index is 13.0. The third kappa shape index (κ3) is 4.31. The summed E-state index contributed by atoms with van der Waals surface area (Å²) in [6, 6.07) is 15.2. The van der Waals surface area contributed by atoms with Crippen molar-refractivity contribution < 1.29 is 8.42 Å². The highest BCUT2D eigenvalue weighted by Crippen LogP contribution is 2.30. The van der Waals surface area contributed by atoms with Crippen molar-refractivity contribution in [3.05, 3.63) is 65.9 Å². The first kappa shape index (κ1) is 21.5. The van der Waals surface area contributed by atoms with Crippen LogP contribution in [0.5, 0.6) is 0 Å². The van der Waals surface area contributed by atoms with Crippen LogP contribution in [-0.2, 0) is 17.1 Å². The summed E-state index contributed by atoms with van der Waals surface area (Å²) in [4.78, 5) is 13.7. The van der Waals surface area contributed by atoms with Gasteiger partial charge in [-0.25, -0.2) is 18.4 Å². The minimum Gasteiger partial charge on any atom is -0.367 e. The number of aromatic nitrogens is 4. The molecule has 2 aromatic carbocycles. The molecule has 2 aromatic heterocycles. The predicted molar refractivity (Wildman–Crippen MR) is 129 cm³/mol. The van der Waals surface area contributed by atoms with Crippen molar-refractivity contribution in [3.8, 4) is 0 Å². The zero-order valence-corrected chi connectivity index (χ0v) is 19.5. The molecule has 1 aliphatic heterocycles. The summed E-state index contributed by atoms with van der Waals surface area (Å²) in [6.07, 6.45) is 2.75. The van der Waals surface area contributed by atoms with Crippen LogP contribution in [0.25, 0.3) is 11.0 Å². The van der Waals surface area contributed by atoms with Crippen molar-refractivity contribution in [2.75, 3.05) is 40.7 Å². The molecule has 0 unspecified atom stereocenters. The van der Waals surface area contributed by atoms with Gasteiger partial charge in [-0.1, -0.05) is 35.9 Å². The molecule has 11 heteroatoms. The lowest BCUT2D eigenvalue weighted by Gasteiger charge is -2.37. The van der Waals surface area contributed by atoms with E-state index in [1.54, 1.807) is 7.05 Å². The van der Waals surface area contributed by atoms with E-state index in [0.29, 0.717) is 48.1 Å². The highest BCUT2D eigenvalue weighted by molar-refractivity contribution is 7.92. The highest BCUT2D eigenvalue weighted by Gasteiger charge is 2.26. The molecule has 170 valence electrons. The maximum absolute atomic E-state index is 13.0. The first-order valence-electron chi connectivity index (χ1n) is 10.4. The standard InChI is InChI=1S/C22H22ClN7O2S/c1-28-15-16(14-24-28)33(31,32)27-21-22(26-19-8-4-3-7-18(19)25-21)30-12-10-29(11-13-30)20-9-5-2-6-17(20)23/h2-9,14-15H,10-13H2,1H3,(H,25,27). The number of aryl methyl sites for hydroxylation is 1. The molecule has 3 heterocycles. The minimum atomic E-state index is -3.87. The van der Waals surface area contributed by atoms with Crippen LogP contribution in [0.1, 0.15) is 0 Å². The average Bonchev–Trinajstić information content (AvgIpc) is 3.26. The van der Waals surface area contributed by atoms with Crippen molar-refractivity contribution in [1.82, 2.24) is 19.7 Å². The van der Waals surface area contributed by atoms with E-state index in [4.69, 9.17) is 16.6 Å². The molecule has 0 atom stereocenters. The second-order valence-electron chi connectivity index (χ2n) is 7.77. The zero-order chi connectivity index (χ0) is 23.0. The average molecular weight is 484 g/mol. The maximum Gasteiger partial charge on any atom is 0.266 e. The number of sulfonamides is 1. The number of benzene rings is 2. The number of nitrogens with one attached hydrogen (secondary N) is 1. The Balaban J connectivity index is 1.47. The molecule has 33 heavy (non-hydrogen) atoms. The van der Waals surface area contributed by atoms with Gasteiger partial charge in [0.1, 0.15) is 4.90 Å². The van der Waals surface area contributed by atoms with E-state index >= 15 is 0 Å². The third-order valence-corrected chi connectivity index (χ3v) is 7.16. The zero-order valence-electron chi connectivity index (χ0n) is 17.9. The fraction of sp³-hybridized carbons (Fsp3) is 0.227. The number of hydrogen-bond acceptors (Lipinski definition) is 7. The van der Waals surface area contributed by atoms with Gasteiger partial charge in [0.05, 0.1) is 27.9 Å². The van der Waals surface area contributed by atoms with E-state index in [-0.39, 0.29) is 10.7 Å². The SMILES string of the molecule is Cn1cc(S(=O)(=O)Nc2nc3ccccc3nc2N2CCN(c3ccccc3Cl)CC2)cn1. The highest BCUT2D eigenvalue weighted by atomic mass is 35.5. The minimum absolute atomic E-state index is 0.0643. The van der Waals surface area contributed by atoms with Crippen LogP contribution in [0.2, 0.25) is 5.02 Å². The molecule has 0 radical (unpaired) electrons. The number of para-hydroxylation sites is 3. The van der Waals surface area contributed by atoms with Crippen LogP contribution in [0.4, 0.5) is 17.3 Å². The summed E-state index contributed by atoms with van der Waals surface area (Å²) in [5, 5.41) is 4.68. The van der Waals surface area contributed by atoms with Gasteiger partial charge in [0, 0.05) is 39.4 Å². The van der Waals surface area contributed by atoms with Crippen LogP contribution < -0.4 is 14.5 Å². The predicted octanol–water partition coefficient (Wildman–Crippen LogP) is 3.14. The van der Waals surface area contributed by atoms with E-state index in [0.717, 1.165) is 5.69 Å². The smallest absolute Gasteiger partial charge is 0.266 e. The molecule has 1 aliphatic rings. The first-order valence-corrected chi connectivity index (χ1v) is 12.3. The third-order valence-electron chi connectivity index (χ3n) is 5.55. The number of rotatable bonds is 5. The Hall–Kier alpha value is -3.37. The Morgan fingerprint density at radius 3 is 2.21 bits per heavy atom. The van der Waals surface area contributed by atoms with Crippen molar-refractivity contribution in [1.29, 1.82) is 0 Å². The Labute approximate surface area is 196 Å². The summed E-state index contributed by atoms with van der Waals surface area (Å²) in [7, 11) is -2.21. The number of hydrogen-bond donors (Lipinski definition) is 1. The molecule has 0 aliphatic carbocycles. The lowest BCUT2D eigenvalue weighted by atomic mass is 10.2. The molecule has 0 bridgehead atoms. The number of piperazine rings is 1. The molecule has 0 amide bonds. The molecule has 1 saturated heterocycles. The lowest BCUT2D eigenvalue weighted by molar-refractivity contribution is 0.600. The normalized spacial score (nSPS) is 14.6. The molecule has 0 saturated carbocycles. The van der Waals surface area contributed by atoms with E-state index in [1.807, 2.05) is 53.4 Å². The van der Waals surface area contributed by atoms with Crippen molar-refractivity contribution in [3.63, 3.8) is 0 Å². The summed E-state index contributed by atoms with van der Waals surface area (Å²) < 4.78 is 30.0. The van der Waals surface area contributed by atoms with Gasteiger partial charge in [-0.05, 0) is 24.3 Å². The van der Waals surface area contributed by atoms with E-state index in [2.05, 4.69) is 19.7 Å². The van der Waals surface area contributed by atoms with Gasteiger partial charge in [0.15, 0.2) is 11.6 Å². The molecular weight excluding hydrogens is 462 g/mol. The van der Waals surface area contributed by atoms with Crippen LogP contribution in [0.3, 0.4) is 0 Å². The topological polar surface area (TPSA) is 96.2 Å². The molecule has 5 rings (SSSR count). The van der Waals surface area contributed by atoms with Crippen molar-refractivity contribution in [2.24, 2.45) is 7.05 Å². The largest absolute Gasteiger partial charge is 0.367 e. The van der Waals surface area contributed by atoms with E-state index < -0.39 is 10.0 Å². The van der Waals surface area contributed by atoms with Gasteiger partial charge in [-0.15, -0.1) is 0 Å². The molecule has 1 fully saturated rings. The van der Waals surface area contributed by atoms with Gasteiger partial charge in [0.25, 0.3) is 10.0 Å². The van der Waals surface area contributed by atoms with Gasteiger partial charge in [-0.2, -0.15) is 5.10 Å². The molecule has 0 spiro atoms. The Morgan fingerprint density at radius 1 is 0.909 bits per heavy atom. The Morgan fingerprint density at radius 2 is 1.55 bits per heavy atom. The first-order chi connectivity index (χ1) is 15.9. The summed E-state index contributed by atoms with van der Waals surface area (Å²) in [6.45, 7) is 2.71. The number of fused-ring (bicyclic) bond motifs is 1. The fourth-order valence-electron chi connectivity index (χ4n) is 3.87. The van der Waals surface area contributed by atoms with Gasteiger partial charge in [-0.3, -0.25) is 9.40 Å². The van der Waals surface area contributed by atoms with Gasteiger partial charge >= 0.3 is 0 Å². The number of anilines is 3. The Bertz CT molecular complexity index is 1420. The van der Waals surface area contributed by atoms with Gasteiger partial charge < -0.3 is 9.80 Å². The van der Waals surface area contributed by atoms with E-state index in [1.165, 1.54) is 17.1 Å². The van der Waals surface area contributed by atoms with Crippen LogP contribution >= 0.6 is 11.6 Å². The summed E-state index contributed by atoms with van der Waals surface area (Å²) in [5.41, 5.74) is 2.30. The molecule has 4 aromatic rings. The number of halogens is 1. The fourth-order valence-corrected chi connectivity index (χ4v) is 5.11. The van der Waals surface area contributed by atoms with Crippen LogP contribution in [0, 0.1) is 0 Å². The monoisotopic (exact) mass is 483 g/mol. The quantitative estimate of drug-likeness (QED) is 0.465. The molecule has 1 N–H and O–H groups in total. The second-order valence-corrected chi connectivity index (χ2v) is 9.85. The second kappa shape index (κ2) is 8.53. The molecular formula is C22H22ClN7O2S. The summed E-state index contributed by atoms with van der Waals surface area (Å²) in [5.74, 6) is 0.698. The van der Waals surface area contributed by atoms with Crippen LogP contribution in [-0.4, -0.2) is 54.3 Å². The van der Waals surface area contributed by atoms with Crippen molar-refractivity contribution in [2.45, 2.75) is 4.90 Å². The van der Waals surface area contributed by atoms with Crippen LogP contribution in [0.15, 0.2) is 65.8 Å². The molecule has 9 nitrogen and oxygen atoms in total. The van der Waals surface area contributed by atoms with Crippen molar-refractivity contribution >= 4 is 50.0 Å². The number of nitrogens with zero attached hydrogens (tertiary/aromatic N) is 6. The lowest BCUT2D eigenvalue weighted by Crippen LogP contribution is -2.47. The van der Waals surface area contributed by atoms with Gasteiger partial charge in [0.2, 0.25) is 0 Å². The Kier molecular flexibility index (Phi) is 5.55.